The Labute approximate surface area is 119 Å². The third-order valence-electron chi connectivity index (χ3n) is 3.61. The third kappa shape index (κ3) is 3.61. The molecule has 0 radical (unpaired) electrons. The highest BCUT2D eigenvalue weighted by atomic mass is 16.5. The number of rotatable bonds is 7. The van der Waals surface area contributed by atoms with Crippen molar-refractivity contribution >= 4 is 0 Å². The van der Waals surface area contributed by atoms with E-state index in [4.69, 9.17) is 4.74 Å². The van der Waals surface area contributed by atoms with Crippen LogP contribution in [0.3, 0.4) is 0 Å². The van der Waals surface area contributed by atoms with Crippen molar-refractivity contribution in [3.05, 3.63) is 48.0 Å². The minimum Gasteiger partial charge on any atom is -0.493 e. The number of hydrogen-bond acceptors (Lipinski definition) is 3. The van der Waals surface area contributed by atoms with Crippen LogP contribution in [0.5, 0.6) is 5.75 Å². The number of benzene rings is 1. The van der Waals surface area contributed by atoms with Crippen LogP contribution < -0.4 is 10.1 Å². The normalized spacial score (nSPS) is 14.4. The maximum Gasteiger partial charge on any atom is 0.119 e. The van der Waals surface area contributed by atoms with Gasteiger partial charge < -0.3 is 14.6 Å². The number of nitrogens with zero attached hydrogens (tertiary/aromatic N) is 2. The average molecular weight is 271 g/mol. The first kappa shape index (κ1) is 13.2. The van der Waals surface area contributed by atoms with Gasteiger partial charge in [0.15, 0.2) is 0 Å². The van der Waals surface area contributed by atoms with Gasteiger partial charge in [0, 0.05) is 38.4 Å². The number of ether oxygens (including phenoxy) is 1. The van der Waals surface area contributed by atoms with Crippen LogP contribution in [0.25, 0.3) is 0 Å². The molecule has 4 nitrogen and oxygen atoms in total. The minimum atomic E-state index is 0.657. The van der Waals surface area contributed by atoms with Gasteiger partial charge in [-0.05, 0) is 30.5 Å². The minimum absolute atomic E-state index is 0.657. The first-order valence-electron chi connectivity index (χ1n) is 7.22. The monoisotopic (exact) mass is 271 g/mol. The van der Waals surface area contributed by atoms with Crippen LogP contribution in [0, 0.1) is 0 Å². The van der Waals surface area contributed by atoms with Crippen molar-refractivity contribution in [3.8, 4) is 5.75 Å². The molecule has 0 aliphatic heterocycles. The molecule has 1 aliphatic carbocycles. The van der Waals surface area contributed by atoms with Gasteiger partial charge in [0.05, 0.1) is 6.61 Å². The highest BCUT2D eigenvalue weighted by Crippen LogP contribution is 2.20. The molecule has 20 heavy (non-hydrogen) atoms. The Morgan fingerprint density at radius 3 is 2.75 bits per heavy atom. The lowest BCUT2D eigenvalue weighted by Crippen LogP contribution is -2.15. The number of nitrogens with one attached hydrogen (secondary N) is 1. The maximum absolute atomic E-state index is 5.75. The predicted molar refractivity (Wildman–Crippen MR) is 78.7 cm³/mol. The Hall–Kier alpha value is -1.81. The Bertz CT molecular complexity index is 543. The van der Waals surface area contributed by atoms with Crippen LogP contribution in [0.15, 0.2) is 36.7 Å². The van der Waals surface area contributed by atoms with E-state index in [0.717, 1.165) is 30.6 Å². The van der Waals surface area contributed by atoms with Gasteiger partial charge in [0.2, 0.25) is 0 Å². The Kier molecular flexibility index (Phi) is 4.02. The van der Waals surface area contributed by atoms with Gasteiger partial charge in [-0.25, -0.2) is 4.98 Å². The summed E-state index contributed by atoms with van der Waals surface area (Å²) < 4.78 is 7.78. The quantitative estimate of drug-likeness (QED) is 0.840. The molecule has 106 valence electrons. The molecule has 1 N–H and O–H groups in total. The number of aryl methyl sites for hydroxylation is 1. The molecule has 0 amide bonds. The van der Waals surface area contributed by atoms with Gasteiger partial charge in [-0.15, -0.1) is 0 Å². The van der Waals surface area contributed by atoms with E-state index in [9.17, 15) is 0 Å². The van der Waals surface area contributed by atoms with Gasteiger partial charge in [0.1, 0.15) is 11.6 Å². The van der Waals surface area contributed by atoms with E-state index in [2.05, 4.69) is 22.4 Å². The summed E-state index contributed by atoms with van der Waals surface area (Å²) in [6.45, 7) is 1.61. The number of hydrogen-bond donors (Lipinski definition) is 1. The van der Waals surface area contributed by atoms with Crippen molar-refractivity contribution in [3.63, 3.8) is 0 Å². The van der Waals surface area contributed by atoms with Gasteiger partial charge in [-0.2, -0.15) is 0 Å². The summed E-state index contributed by atoms with van der Waals surface area (Å²) in [6, 6.07) is 9.10. The molecular weight excluding hydrogens is 250 g/mol. The SMILES string of the molecule is Cn1ccnc1CCOc1ccc(CNC2CC2)cc1. The zero-order valence-electron chi connectivity index (χ0n) is 11.9. The fraction of sp³-hybridized carbons (Fsp3) is 0.438. The fourth-order valence-corrected chi connectivity index (χ4v) is 2.15. The van der Waals surface area contributed by atoms with E-state index >= 15 is 0 Å². The molecule has 0 spiro atoms. The molecule has 1 fully saturated rings. The van der Waals surface area contributed by atoms with Crippen molar-refractivity contribution in [2.45, 2.75) is 31.8 Å². The van der Waals surface area contributed by atoms with E-state index in [1.54, 1.807) is 0 Å². The second-order valence-corrected chi connectivity index (χ2v) is 5.35. The molecule has 1 saturated carbocycles. The van der Waals surface area contributed by atoms with Crippen LogP contribution in [-0.4, -0.2) is 22.2 Å². The van der Waals surface area contributed by atoms with Crippen molar-refractivity contribution in [2.24, 2.45) is 7.05 Å². The lowest BCUT2D eigenvalue weighted by molar-refractivity contribution is 0.317. The molecule has 1 aromatic heterocycles. The number of imidazole rings is 1. The van der Waals surface area contributed by atoms with E-state index in [1.165, 1.54) is 18.4 Å². The molecule has 0 unspecified atom stereocenters. The molecular formula is C16H21N3O. The van der Waals surface area contributed by atoms with Crippen LogP contribution >= 0.6 is 0 Å². The fourth-order valence-electron chi connectivity index (χ4n) is 2.15. The maximum atomic E-state index is 5.75. The van der Waals surface area contributed by atoms with E-state index in [1.807, 2.05) is 36.1 Å². The van der Waals surface area contributed by atoms with Crippen LogP contribution in [0.2, 0.25) is 0 Å². The Morgan fingerprint density at radius 1 is 1.30 bits per heavy atom. The van der Waals surface area contributed by atoms with Crippen molar-refractivity contribution in [1.29, 1.82) is 0 Å². The molecule has 2 aromatic rings. The van der Waals surface area contributed by atoms with Gasteiger partial charge in [0.25, 0.3) is 0 Å². The molecule has 3 rings (SSSR count). The first-order chi connectivity index (χ1) is 9.81. The summed E-state index contributed by atoms with van der Waals surface area (Å²) in [4.78, 5) is 4.28. The van der Waals surface area contributed by atoms with E-state index in [-0.39, 0.29) is 0 Å². The predicted octanol–water partition coefficient (Wildman–Crippen LogP) is 2.29. The molecule has 1 aromatic carbocycles. The number of aromatic nitrogens is 2. The zero-order chi connectivity index (χ0) is 13.8. The summed E-state index contributed by atoms with van der Waals surface area (Å²) in [5.41, 5.74) is 1.31. The standard InChI is InChI=1S/C16H21N3O/c1-19-10-9-17-16(19)8-11-20-15-6-2-13(3-7-15)12-18-14-4-5-14/h2-3,6-7,9-10,14,18H,4-5,8,11-12H2,1H3. The molecule has 4 heteroatoms. The third-order valence-corrected chi connectivity index (χ3v) is 3.61. The summed E-state index contributed by atoms with van der Waals surface area (Å²) >= 11 is 0. The lowest BCUT2D eigenvalue weighted by Gasteiger charge is -2.08. The summed E-state index contributed by atoms with van der Waals surface area (Å²) in [6.07, 6.45) is 7.26. The highest BCUT2D eigenvalue weighted by molar-refractivity contribution is 5.27. The van der Waals surface area contributed by atoms with Crippen molar-refractivity contribution in [2.75, 3.05) is 6.61 Å². The molecule has 1 heterocycles. The van der Waals surface area contributed by atoms with E-state index in [0.29, 0.717) is 6.61 Å². The summed E-state index contributed by atoms with van der Waals surface area (Å²) in [7, 11) is 2.00. The van der Waals surface area contributed by atoms with E-state index < -0.39 is 0 Å². The molecule has 0 atom stereocenters. The average Bonchev–Trinajstić information content (AvgIpc) is 3.21. The Morgan fingerprint density at radius 2 is 2.10 bits per heavy atom. The van der Waals surface area contributed by atoms with Gasteiger partial charge in [-0.3, -0.25) is 0 Å². The van der Waals surface area contributed by atoms with Crippen molar-refractivity contribution in [1.82, 2.24) is 14.9 Å². The largest absolute Gasteiger partial charge is 0.493 e. The smallest absolute Gasteiger partial charge is 0.119 e. The molecule has 0 saturated heterocycles. The van der Waals surface area contributed by atoms with Gasteiger partial charge >= 0.3 is 0 Å². The van der Waals surface area contributed by atoms with Gasteiger partial charge in [-0.1, -0.05) is 12.1 Å². The molecule has 1 aliphatic rings. The Balaban J connectivity index is 1.44. The first-order valence-corrected chi connectivity index (χ1v) is 7.22. The highest BCUT2D eigenvalue weighted by Gasteiger charge is 2.19. The van der Waals surface area contributed by atoms with Crippen molar-refractivity contribution < 1.29 is 4.74 Å². The van der Waals surface area contributed by atoms with Crippen LogP contribution in [-0.2, 0) is 20.0 Å². The second kappa shape index (κ2) is 6.09. The summed E-state index contributed by atoms with van der Waals surface area (Å²) in [5, 5.41) is 3.51. The summed E-state index contributed by atoms with van der Waals surface area (Å²) in [5.74, 6) is 1.98. The lowest BCUT2D eigenvalue weighted by atomic mass is 10.2. The second-order valence-electron chi connectivity index (χ2n) is 5.35. The molecule has 0 bridgehead atoms. The topological polar surface area (TPSA) is 39.1 Å². The zero-order valence-corrected chi connectivity index (χ0v) is 11.9. The van der Waals surface area contributed by atoms with Crippen LogP contribution in [0.1, 0.15) is 24.2 Å². The van der Waals surface area contributed by atoms with Crippen LogP contribution in [0.4, 0.5) is 0 Å².